The van der Waals surface area contributed by atoms with E-state index in [0.717, 1.165) is 24.8 Å². The molecule has 4 heteroatoms. The summed E-state index contributed by atoms with van der Waals surface area (Å²) in [6.07, 6.45) is 2.94. The number of thiophene rings is 1. The maximum Gasteiger partial charge on any atom is 0.0801 e. The highest BCUT2D eigenvalue weighted by Gasteiger charge is 2.20. The molecule has 0 spiro atoms. The third kappa shape index (κ3) is 1.53. The lowest BCUT2D eigenvalue weighted by molar-refractivity contribution is 0.157. The summed E-state index contributed by atoms with van der Waals surface area (Å²) >= 11 is 5.91. The summed E-state index contributed by atoms with van der Waals surface area (Å²) in [4.78, 5) is 1.35. The van der Waals surface area contributed by atoms with Crippen LogP contribution in [-0.2, 0) is 6.42 Å². The van der Waals surface area contributed by atoms with Gasteiger partial charge in [0.05, 0.1) is 10.3 Å². The Morgan fingerprint density at radius 1 is 1.67 bits per heavy atom. The Hall–Kier alpha value is 0.360. The molecule has 1 atom stereocenters. The zero-order valence-electron chi connectivity index (χ0n) is 6.49. The molecule has 12 heavy (non-hydrogen) atoms. The predicted molar refractivity (Wildman–Crippen MR) is 57.1 cm³/mol. The maximum atomic E-state index is 9.64. The topological polar surface area (TPSA) is 20.2 Å². The molecule has 0 amide bonds. The lowest BCUT2D eigenvalue weighted by atomic mass is 9.97. The van der Waals surface area contributed by atoms with Crippen molar-refractivity contribution in [2.45, 2.75) is 29.6 Å². The summed E-state index contributed by atoms with van der Waals surface area (Å²) in [5.41, 5.74) is 1.14. The molecule has 0 aliphatic heterocycles. The van der Waals surface area contributed by atoms with Crippen LogP contribution in [-0.4, -0.2) is 5.11 Å². The van der Waals surface area contributed by atoms with Gasteiger partial charge in [-0.05, 0) is 30.9 Å². The third-order valence-corrected chi connectivity index (χ3v) is 4.91. The summed E-state index contributed by atoms with van der Waals surface area (Å²) in [5.74, 6) is 0. The van der Waals surface area contributed by atoms with Gasteiger partial charge in [0, 0.05) is 4.88 Å². The van der Waals surface area contributed by atoms with E-state index in [1.54, 1.807) is 11.3 Å². The summed E-state index contributed by atoms with van der Waals surface area (Å²) in [6, 6.07) is 2.07. The molecule has 1 aliphatic carbocycles. The summed E-state index contributed by atoms with van der Waals surface area (Å²) < 4.78 is 1.20. The molecule has 1 aromatic heterocycles. The lowest BCUT2D eigenvalue weighted by Gasteiger charge is -2.16. The highest BCUT2D eigenvalue weighted by Crippen LogP contribution is 2.40. The molecule has 0 saturated carbocycles. The Bertz CT molecular complexity index is 282. The van der Waals surface area contributed by atoms with E-state index in [0.29, 0.717) is 0 Å². The molecule has 0 radical (unpaired) electrons. The zero-order chi connectivity index (χ0) is 8.55. The van der Waals surface area contributed by atoms with Crippen LogP contribution in [0.5, 0.6) is 0 Å². The quantitative estimate of drug-likeness (QED) is 0.558. The Morgan fingerprint density at radius 3 is 3.17 bits per heavy atom. The maximum absolute atomic E-state index is 9.64. The van der Waals surface area contributed by atoms with Gasteiger partial charge in [0.2, 0.25) is 0 Å². The van der Waals surface area contributed by atoms with Crippen LogP contribution in [0.2, 0.25) is 0 Å². The molecule has 66 valence electrons. The van der Waals surface area contributed by atoms with Gasteiger partial charge in [-0.3, -0.25) is 0 Å². The number of aliphatic hydroxyl groups is 1. The normalized spacial score (nSPS) is 22.3. The number of hydrogen-bond donors (Lipinski definition) is 2. The number of thiol groups is 1. The van der Waals surface area contributed by atoms with E-state index in [9.17, 15) is 5.11 Å². The number of fused-ring (bicyclic) bond motifs is 1. The fourth-order valence-electron chi connectivity index (χ4n) is 1.55. The Morgan fingerprint density at radius 2 is 2.50 bits per heavy atom. The van der Waals surface area contributed by atoms with E-state index in [-0.39, 0.29) is 6.10 Å². The molecule has 1 N–H and O–H groups in total. The number of aliphatic hydroxyl groups excluding tert-OH is 1. The zero-order valence-corrected chi connectivity index (χ0v) is 9.01. The van der Waals surface area contributed by atoms with Gasteiger partial charge in [0.1, 0.15) is 0 Å². The number of aryl methyl sites for hydroxylation is 1. The largest absolute Gasteiger partial charge is 0.388 e. The van der Waals surface area contributed by atoms with Crippen molar-refractivity contribution in [1.29, 1.82) is 0 Å². The standard InChI is InChI=1S/C8H10OS3/c9-6-2-1-3-7-5(6)4-8(11-7)12-10/h4,6,9-10H,1-3H2. The van der Waals surface area contributed by atoms with Crippen molar-refractivity contribution >= 4 is 33.8 Å². The smallest absolute Gasteiger partial charge is 0.0801 e. The van der Waals surface area contributed by atoms with Crippen molar-refractivity contribution in [2.24, 2.45) is 0 Å². The molecule has 1 nitrogen and oxygen atoms in total. The van der Waals surface area contributed by atoms with E-state index >= 15 is 0 Å². The second kappa shape index (κ2) is 3.62. The molecular weight excluding hydrogens is 208 g/mol. The minimum absolute atomic E-state index is 0.223. The van der Waals surface area contributed by atoms with Gasteiger partial charge in [-0.15, -0.1) is 23.0 Å². The first-order valence-electron chi connectivity index (χ1n) is 3.93. The van der Waals surface area contributed by atoms with Crippen molar-refractivity contribution in [3.63, 3.8) is 0 Å². The molecule has 1 heterocycles. The van der Waals surface area contributed by atoms with Crippen molar-refractivity contribution in [1.82, 2.24) is 0 Å². The Balaban J connectivity index is 2.37. The van der Waals surface area contributed by atoms with Crippen LogP contribution in [0, 0.1) is 0 Å². The number of rotatable bonds is 1. The summed E-state index contributed by atoms with van der Waals surface area (Å²) in [7, 11) is 1.47. The monoisotopic (exact) mass is 218 g/mol. The predicted octanol–water partition coefficient (Wildman–Crippen LogP) is 3.05. The van der Waals surface area contributed by atoms with Crippen LogP contribution in [0.1, 0.15) is 29.4 Å². The van der Waals surface area contributed by atoms with Gasteiger partial charge in [0.15, 0.2) is 0 Å². The molecule has 1 unspecified atom stereocenters. The number of hydrogen-bond acceptors (Lipinski definition) is 4. The van der Waals surface area contributed by atoms with Gasteiger partial charge < -0.3 is 5.11 Å². The lowest BCUT2D eigenvalue weighted by Crippen LogP contribution is -2.05. The van der Waals surface area contributed by atoms with E-state index < -0.39 is 0 Å². The first-order valence-corrected chi connectivity index (χ1v) is 6.62. The molecule has 0 aromatic carbocycles. The fraction of sp³-hybridized carbons (Fsp3) is 0.500. The molecule has 0 bridgehead atoms. The van der Waals surface area contributed by atoms with Gasteiger partial charge in [0.25, 0.3) is 0 Å². The Kier molecular flexibility index (Phi) is 2.69. The molecule has 1 aliphatic rings. The second-order valence-electron chi connectivity index (χ2n) is 2.94. The first-order chi connectivity index (χ1) is 5.81. The van der Waals surface area contributed by atoms with Crippen molar-refractivity contribution in [2.75, 3.05) is 0 Å². The van der Waals surface area contributed by atoms with E-state index in [2.05, 4.69) is 17.7 Å². The highest BCUT2D eigenvalue weighted by molar-refractivity contribution is 8.69. The van der Waals surface area contributed by atoms with Crippen LogP contribution in [0.3, 0.4) is 0 Å². The van der Waals surface area contributed by atoms with Crippen LogP contribution >= 0.6 is 33.8 Å². The third-order valence-electron chi connectivity index (χ3n) is 2.15. The molecule has 0 fully saturated rings. The average Bonchev–Trinajstić information content (AvgIpc) is 2.49. The van der Waals surface area contributed by atoms with E-state index in [1.807, 2.05) is 0 Å². The van der Waals surface area contributed by atoms with Crippen molar-refractivity contribution in [3.8, 4) is 0 Å². The molecule has 0 saturated heterocycles. The van der Waals surface area contributed by atoms with Crippen LogP contribution in [0.15, 0.2) is 10.3 Å². The van der Waals surface area contributed by atoms with Crippen LogP contribution in [0.4, 0.5) is 0 Å². The van der Waals surface area contributed by atoms with Crippen LogP contribution < -0.4 is 0 Å². The van der Waals surface area contributed by atoms with Crippen molar-refractivity contribution in [3.05, 3.63) is 16.5 Å². The van der Waals surface area contributed by atoms with Gasteiger partial charge >= 0.3 is 0 Å². The van der Waals surface area contributed by atoms with Gasteiger partial charge in [-0.25, -0.2) is 0 Å². The molecule has 1 aromatic rings. The SMILES string of the molecule is OC1CCCc2sc(SS)cc21. The first kappa shape index (κ1) is 8.94. The van der Waals surface area contributed by atoms with Gasteiger partial charge in [-0.1, -0.05) is 10.8 Å². The van der Waals surface area contributed by atoms with Gasteiger partial charge in [-0.2, -0.15) is 0 Å². The molecular formula is C8H10OS3. The van der Waals surface area contributed by atoms with E-state index in [4.69, 9.17) is 0 Å². The average molecular weight is 218 g/mol. The second-order valence-corrected chi connectivity index (χ2v) is 5.51. The highest BCUT2D eigenvalue weighted by atomic mass is 33.1. The van der Waals surface area contributed by atoms with Crippen LogP contribution in [0.25, 0.3) is 0 Å². The van der Waals surface area contributed by atoms with Crippen molar-refractivity contribution < 1.29 is 5.11 Å². The summed E-state index contributed by atoms with van der Waals surface area (Å²) in [6.45, 7) is 0. The fourth-order valence-corrected chi connectivity index (χ4v) is 3.66. The minimum Gasteiger partial charge on any atom is -0.388 e. The minimum atomic E-state index is -0.223. The Labute approximate surface area is 85.0 Å². The summed E-state index contributed by atoms with van der Waals surface area (Å²) in [5, 5.41) is 9.64. The molecule has 2 rings (SSSR count). The van der Waals surface area contributed by atoms with E-state index in [1.165, 1.54) is 19.9 Å².